The first-order chi connectivity index (χ1) is 17.5. The van der Waals surface area contributed by atoms with Crippen molar-refractivity contribution >= 4 is 29.9 Å². The van der Waals surface area contributed by atoms with Gasteiger partial charge in [0.1, 0.15) is 0 Å². The summed E-state index contributed by atoms with van der Waals surface area (Å²) in [5.74, 6) is -1.56. The first-order valence-electron chi connectivity index (χ1n) is 10.5. The van der Waals surface area contributed by atoms with Crippen molar-refractivity contribution in [2.24, 2.45) is 10.2 Å². The van der Waals surface area contributed by atoms with Crippen LogP contribution < -0.4 is 10.9 Å². The molecule has 4 rings (SSSR count). The largest absolute Gasteiger partial charge is 0.294 e. The first-order valence-corrected chi connectivity index (χ1v) is 10.5. The van der Waals surface area contributed by atoms with Crippen molar-refractivity contribution in [3.05, 3.63) is 118 Å². The number of hydrogen-bond acceptors (Lipinski definition) is 8. The van der Waals surface area contributed by atoms with E-state index in [9.17, 15) is 19.7 Å². The second kappa shape index (κ2) is 11.1. The van der Waals surface area contributed by atoms with Gasteiger partial charge in [-0.1, -0.05) is 65.9 Å². The number of nitrogens with one attached hydrogen (secondary N) is 2. The van der Waals surface area contributed by atoms with Crippen LogP contribution in [0.4, 0.5) is 5.69 Å². The number of hydrogen-bond donors (Lipinski definition) is 2. The van der Waals surface area contributed by atoms with E-state index in [2.05, 4.69) is 31.4 Å². The Morgan fingerprint density at radius 2 is 1.33 bits per heavy atom. The Balaban J connectivity index is 1.62. The van der Waals surface area contributed by atoms with E-state index in [0.29, 0.717) is 0 Å². The van der Waals surface area contributed by atoms with Gasteiger partial charge in [0.25, 0.3) is 17.5 Å². The fourth-order valence-electron chi connectivity index (χ4n) is 3.05. The topological polar surface area (TPSA) is 157 Å². The molecule has 12 heteroatoms. The zero-order chi connectivity index (χ0) is 25.3. The quantitative estimate of drug-likeness (QED) is 0.223. The number of nitro groups is 1. The molecular weight excluding hydrogens is 464 g/mol. The second-order valence-electron chi connectivity index (χ2n) is 7.19. The molecule has 0 bridgehead atoms. The Hall–Kier alpha value is -5.52. The van der Waals surface area contributed by atoms with Crippen LogP contribution >= 0.6 is 0 Å². The average Bonchev–Trinajstić information content (AvgIpc) is 3.35. The summed E-state index contributed by atoms with van der Waals surface area (Å²) in [7, 11) is 0. The van der Waals surface area contributed by atoms with E-state index in [4.69, 9.17) is 0 Å². The van der Waals surface area contributed by atoms with Crippen LogP contribution in [0.25, 0.3) is 5.69 Å². The van der Waals surface area contributed by atoms with E-state index in [1.54, 1.807) is 24.3 Å². The van der Waals surface area contributed by atoms with Crippen molar-refractivity contribution in [3.8, 4) is 5.69 Å². The van der Waals surface area contributed by atoms with Gasteiger partial charge in [0.05, 0.1) is 23.0 Å². The maximum atomic E-state index is 13.0. The maximum absolute atomic E-state index is 13.0. The van der Waals surface area contributed by atoms with E-state index < -0.39 is 16.7 Å². The number of nitro benzene ring substituents is 1. The van der Waals surface area contributed by atoms with Crippen molar-refractivity contribution < 1.29 is 14.5 Å². The highest BCUT2D eigenvalue weighted by atomic mass is 16.6. The molecule has 2 N–H and O–H groups in total. The third-order valence-electron chi connectivity index (χ3n) is 4.76. The number of non-ortho nitro benzene ring substituents is 1. The van der Waals surface area contributed by atoms with E-state index in [0.717, 1.165) is 15.8 Å². The molecule has 0 saturated heterocycles. The third kappa shape index (κ3) is 5.69. The number of aromatic nitrogens is 3. The predicted molar refractivity (Wildman–Crippen MR) is 131 cm³/mol. The zero-order valence-electron chi connectivity index (χ0n) is 18.6. The van der Waals surface area contributed by atoms with Crippen molar-refractivity contribution in [2.45, 2.75) is 0 Å². The van der Waals surface area contributed by atoms with Gasteiger partial charge >= 0.3 is 0 Å². The first kappa shape index (κ1) is 23.6. The van der Waals surface area contributed by atoms with Gasteiger partial charge in [-0.05, 0) is 23.3 Å². The summed E-state index contributed by atoms with van der Waals surface area (Å²) in [6.45, 7) is 0. The summed E-state index contributed by atoms with van der Waals surface area (Å²) >= 11 is 0. The molecule has 0 aliphatic rings. The fraction of sp³-hybridized carbons (Fsp3) is 0. The Labute approximate surface area is 204 Å². The molecule has 1 heterocycles. The van der Waals surface area contributed by atoms with Crippen molar-refractivity contribution in [3.63, 3.8) is 0 Å². The molecule has 0 saturated carbocycles. The average molecular weight is 482 g/mol. The second-order valence-corrected chi connectivity index (χ2v) is 7.19. The number of amides is 2. The highest BCUT2D eigenvalue weighted by Gasteiger charge is 2.26. The molecule has 0 spiro atoms. The van der Waals surface area contributed by atoms with E-state index in [1.165, 1.54) is 36.7 Å². The van der Waals surface area contributed by atoms with Gasteiger partial charge in [-0.15, -0.1) is 5.10 Å². The summed E-state index contributed by atoms with van der Waals surface area (Å²) in [5.41, 5.74) is 5.75. The van der Waals surface area contributed by atoms with Gasteiger partial charge in [0.2, 0.25) is 0 Å². The van der Waals surface area contributed by atoms with Crippen LogP contribution in [0.3, 0.4) is 0 Å². The lowest BCUT2D eigenvalue weighted by Crippen LogP contribution is -2.27. The Morgan fingerprint density at radius 3 is 1.86 bits per heavy atom. The number of carbonyl (C=O) groups is 2. The molecule has 12 nitrogen and oxygen atoms in total. The monoisotopic (exact) mass is 482 g/mol. The molecule has 0 aliphatic carbocycles. The lowest BCUT2D eigenvalue weighted by molar-refractivity contribution is -0.384. The van der Waals surface area contributed by atoms with Crippen LogP contribution in [-0.4, -0.2) is 44.2 Å². The molecule has 0 fully saturated rings. The lowest BCUT2D eigenvalue weighted by atomic mass is 10.2. The summed E-state index contributed by atoms with van der Waals surface area (Å²) in [4.78, 5) is 36.3. The van der Waals surface area contributed by atoms with E-state index in [-0.39, 0.29) is 22.8 Å². The van der Waals surface area contributed by atoms with Crippen molar-refractivity contribution in [1.82, 2.24) is 25.8 Å². The number of benzene rings is 3. The summed E-state index contributed by atoms with van der Waals surface area (Å²) in [6, 6.07) is 23.4. The summed E-state index contributed by atoms with van der Waals surface area (Å²) in [5, 5.41) is 26.6. The van der Waals surface area contributed by atoms with E-state index >= 15 is 0 Å². The smallest absolute Gasteiger partial charge is 0.265 e. The van der Waals surface area contributed by atoms with Gasteiger partial charge in [0, 0.05) is 12.1 Å². The van der Waals surface area contributed by atoms with Crippen molar-refractivity contribution in [1.29, 1.82) is 0 Å². The Bertz CT molecular complexity index is 1430. The van der Waals surface area contributed by atoms with Crippen LogP contribution in [0.15, 0.2) is 95.1 Å². The molecule has 178 valence electrons. The van der Waals surface area contributed by atoms with Gasteiger partial charge in [0.15, 0.2) is 11.4 Å². The van der Waals surface area contributed by atoms with Crippen LogP contribution in [0.1, 0.15) is 32.1 Å². The number of carbonyl (C=O) groups excluding carboxylic acids is 2. The Morgan fingerprint density at radius 1 is 0.806 bits per heavy atom. The molecule has 1 aromatic heterocycles. The zero-order valence-corrected chi connectivity index (χ0v) is 18.6. The standard InChI is InChI=1S/C24H18N8O4/c33-23(28-25-15-17-7-3-1-4-8-17)21-22(24(34)29-26-16-18-9-5-2-6-10-18)31(30-27-21)19-11-13-20(14-12-19)32(35)36/h1-16H,(H,28,33)(H,29,34). The fourth-order valence-corrected chi connectivity index (χ4v) is 3.05. The van der Waals surface area contributed by atoms with Crippen molar-refractivity contribution in [2.75, 3.05) is 0 Å². The third-order valence-corrected chi connectivity index (χ3v) is 4.76. The van der Waals surface area contributed by atoms with Crippen LogP contribution in [0.5, 0.6) is 0 Å². The normalized spacial score (nSPS) is 11.0. The van der Waals surface area contributed by atoms with Gasteiger partial charge in [-0.2, -0.15) is 10.2 Å². The Kier molecular flexibility index (Phi) is 7.27. The molecule has 4 aromatic rings. The molecule has 0 atom stereocenters. The molecule has 36 heavy (non-hydrogen) atoms. The van der Waals surface area contributed by atoms with Crippen LogP contribution in [-0.2, 0) is 0 Å². The van der Waals surface area contributed by atoms with Gasteiger partial charge in [-0.25, -0.2) is 15.5 Å². The van der Waals surface area contributed by atoms with Gasteiger partial charge in [-0.3, -0.25) is 19.7 Å². The van der Waals surface area contributed by atoms with Gasteiger partial charge < -0.3 is 0 Å². The molecule has 0 aliphatic heterocycles. The highest BCUT2D eigenvalue weighted by molar-refractivity contribution is 6.05. The molecule has 3 aromatic carbocycles. The highest BCUT2D eigenvalue weighted by Crippen LogP contribution is 2.18. The number of rotatable bonds is 8. The minimum absolute atomic E-state index is 0.148. The minimum atomic E-state index is -0.785. The maximum Gasteiger partial charge on any atom is 0.294 e. The molecule has 0 radical (unpaired) electrons. The lowest BCUT2D eigenvalue weighted by Gasteiger charge is -2.06. The molecular formula is C24H18N8O4. The summed E-state index contributed by atoms with van der Waals surface area (Å²) < 4.78 is 1.09. The predicted octanol–water partition coefficient (Wildman–Crippen LogP) is 2.70. The minimum Gasteiger partial charge on any atom is -0.265 e. The molecule has 2 amide bonds. The summed E-state index contributed by atoms with van der Waals surface area (Å²) in [6.07, 6.45) is 2.87. The number of hydrazone groups is 2. The SMILES string of the molecule is O=C(NN=Cc1ccccc1)c1nnn(-c2ccc([N+](=O)[O-])cc2)c1C(=O)NN=Cc1ccccc1. The van der Waals surface area contributed by atoms with Crippen LogP contribution in [0, 0.1) is 10.1 Å². The molecule has 0 unspecified atom stereocenters. The van der Waals surface area contributed by atoms with E-state index in [1.807, 2.05) is 36.4 Å². The number of nitrogens with zero attached hydrogens (tertiary/aromatic N) is 6. The van der Waals surface area contributed by atoms with Crippen LogP contribution in [0.2, 0.25) is 0 Å².